The van der Waals surface area contributed by atoms with Gasteiger partial charge in [0.1, 0.15) is 22.7 Å². The minimum atomic E-state index is -0.737. The van der Waals surface area contributed by atoms with E-state index in [1.807, 2.05) is 13.8 Å². The van der Waals surface area contributed by atoms with Crippen LogP contribution >= 0.6 is 0 Å². The molecule has 17 nitrogen and oxygen atoms in total. The summed E-state index contributed by atoms with van der Waals surface area (Å²) >= 11 is 0. The summed E-state index contributed by atoms with van der Waals surface area (Å²) in [5.74, 6) is 0.410. The van der Waals surface area contributed by atoms with Gasteiger partial charge >= 0.3 is 0 Å². The predicted molar refractivity (Wildman–Crippen MR) is 192 cm³/mol. The van der Waals surface area contributed by atoms with Crippen LogP contribution in [0.3, 0.4) is 0 Å². The summed E-state index contributed by atoms with van der Waals surface area (Å²) in [5.41, 5.74) is 2.98. The number of H-pyrrole nitrogens is 2. The van der Waals surface area contributed by atoms with Gasteiger partial charge in [-0.3, -0.25) is 19.2 Å². The fourth-order valence-corrected chi connectivity index (χ4v) is 6.03. The first-order valence-corrected chi connectivity index (χ1v) is 16.9. The number of aromatic amines is 2. The van der Waals surface area contributed by atoms with E-state index in [0.717, 1.165) is 19.4 Å². The van der Waals surface area contributed by atoms with Crippen molar-refractivity contribution in [1.29, 1.82) is 0 Å². The second kappa shape index (κ2) is 16.7. The van der Waals surface area contributed by atoms with Crippen LogP contribution in [0.4, 0.5) is 11.6 Å². The number of nitrogens with zero attached hydrogens (tertiary/aromatic N) is 6. The van der Waals surface area contributed by atoms with E-state index in [0.29, 0.717) is 77.7 Å². The fraction of sp³-hybridized carbons (Fsp3) is 0.412. The minimum absolute atomic E-state index is 0.0582. The largest absolute Gasteiger partial charge is 0.389 e. The number of fused-ring (bicyclic) bond motifs is 2. The van der Waals surface area contributed by atoms with E-state index in [-0.39, 0.29) is 42.3 Å². The number of amides is 4. The predicted octanol–water partition coefficient (Wildman–Crippen LogP) is 1.56. The van der Waals surface area contributed by atoms with Crippen LogP contribution in [0.15, 0.2) is 50.1 Å². The highest BCUT2D eigenvalue weighted by atomic mass is 16.3. The van der Waals surface area contributed by atoms with Crippen LogP contribution < -0.4 is 21.3 Å². The van der Waals surface area contributed by atoms with Gasteiger partial charge in [-0.25, -0.2) is 19.9 Å². The Labute approximate surface area is 294 Å². The Bertz CT molecular complexity index is 1900. The lowest BCUT2D eigenvalue weighted by molar-refractivity contribution is -0.129. The Morgan fingerprint density at radius 1 is 0.824 bits per heavy atom. The highest BCUT2D eigenvalue weighted by Crippen LogP contribution is 2.21. The molecule has 0 radical (unpaired) electrons. The number of aliphatic hydroxyl groups is 1. The van der Waals surface area contributed by atoms with E-state index in [1.165, 1.54) is 12.2 Å². The van der Waals surface area contributed by atoms with Crippen molar-refractivity contribution in [3.8, 4) is 0 Å². The second-order valence-electron chi connectivity index (χ2n) is 12.1. The van der Waals surface area contributed by atoms with Gasteiger partial charge in [-0.05, 0) is 45.3 Å². The number of hydrogen-bond donors (Lipinski definition) is 7. The number of anilines is 2. The number of likely N-dealkylation sites (tertiary alicyclic amines) is 2. The average molecular weight is 701 g/mol. The van der Waals surface area contributed by atoms with Gasteiger partial charge in [-0.15, -0.1) is 0 Å². The number of aliphatic hydroxyl groups excluding tert-OH is 1. The van der Waals surface area contributed by atoms with E-state index in [4.69, 9.17) is 0 Å². The topological polar surface area (TPSA) is 226 Å². The van der Waals surface area contributed by atoms with Gasteiger partial charge in [0.2, 0.25) is 11.8 Å². The summed E-state index contributed by atoms with van der Waals surface area (Å²) in [6, 6.07) is -0.168. The fourth-order valence-electron chi connectivity index (χ4n) is 6.03. The monoisotopic (exact) mass is 700 g/mol. The van der Waals surface area contributed by atoms with Crippen molar-refractivity contribution in [2.45, 2.75) is 51.3 Å². The lowest BCUT2D eigenvalue weighted by Crippen LogP contribution is -2.51. The molecule has 3 atom stereocenters. The smallest absolute Gasteiger partial charge is 0.255 e. The molecule has 7 N–H and O–H groups in total. The summed E-state index contributed by atoms with van der Waals surface area (Å²) in [6.45, 7) is 13.9. The first-order valence-electron chi connectivity index (χ1n) is 16.9. The molecule has 2 fully saturated rings. The number of aromatic nitrogens is 6. The van der Waals surface area contributed by atoms with Crippen LogP contribution in [0, 0.1) is 0 Å². The lowest BCUT2D eigenvalue weighted by Gasteiger charge is -2.35. The van der Waals surface area contributed by atoms with Gasteiger partial charge in [0.15, 0.2) is 11.3 Å². The highest BCUT2D eigenvalue weighted by Gasteiger charge is 2.30. The molecule has 4 aromatic heterocycles. The molecule has 0 aromatic carbocycles. The Kier molecular flexibility index (Phi) is 11.9. The molecule has 6 rings (SSSR count). The summed E-state index contributed by atoms with van der Waals surface area (Å²) in [6.07, 6.45) is 10.6. The molecule has 270 valence electrons. The molecular weight excluding hydrogens is 656 g/mol. The molecule has 2 saturated heterocycles. The van der Waals surface area contributed by atoms with Crippen LogP contribution in [-0.2, 0) is 9.59 Å². The Morgan fingerprint density at radius 2 is 1.35 bits per heavy atom. The number of carbonyl (C=O) groups is 4. The number of hydrogen-bond acceptors (Lipinski definition) is 11. The first-order chi connectivity index (χ1) is 24.6. The number of piperidine rings is 2. The third kappa shape index (κ3) is 8.67. The van der Waals surface area contributed by atoms with Crippen LogP contribution in [0.5, 0.6) is 0 Å². The molecule has 4 amide bonds. The quantitative estimate of drug-likeness (QED) is 0.118. The number of β-amino-alcohol motifs (C(OH)–C–C–N with tert-alkyl or cyclic N) is 1. The number of carbonyl (C=O) groups excluding carboxylic acids is 4. The minimum Gasteiger partial charge on any atom is -0.389 e. The molecule has 17 heteroatoms. The molecule has 1 unspecified atom stereocenters. The van der Waals surface area contributed by atoms with Crippen LogP contribution in [0.1, 0.15) is 53.8 Å². The van der Waals surface area contributed by atoms with Crippen molar-refractivity contribution >= 4 is 57.6 Å². The Balaban J connectivity index is 0.000000198. The van der Waals surface area contributed by atoms with Gasteiger partial charge in [0.05, 0.1) is 35.7 Å². The lowest BCUT2D eigenvalue weighted by atomic mass is 10.0. The molecule has 6 heterocycles. The van der Waals surface area contributed by atoms with Crippen molar-refractivity contribution < 1.29 is 24.3 Å². The second-order valence-corrected chi connectivity index (χ2v) is 12.1. The van der Waals surface area contributed by atoms with Gasteiger partial charge in [-0.1, -0.05) is 13.2 Å². The van der Waals surface area contributed by atoms with E-state index in [1.54, 1.807) is 34.6 Å². The standard InChI is InChI=1S/C17H22N6O3.C17H22N6O2/c1-3-14(25)23-6-5-11(12(24)9-23)21-13-8-20-16-15(22-13)10(7-19-16)17(26)18-4-2;1-3-14(24)23-7-5-6-11(10-23)21-13-9-20-16-15(22-13)12(8-19-16)17(25)18-4-2/h3,7-8,11-12,24H,1,4-6,9H2,2H3,(H,18,26)(H,19,20)(H,21,22);3,8-9,11H,1,4-7,10H2,2H3,(H,18,25)(H,19,20)(H,21,22)/t11-,12-;/m1./s1. The highest BCUT2D eigenvalue weighted by molar-refractivity contribution is 6.05. The maximum absolute atomic E-state index is 12.1. The zero-order chi connectivity index (χ0) is 36.5. The van der Waals surface area contributed by atoms with Crippen LogP contribution in [-0.4, -0.2) is 126 Å². The summed E-state index contributed by atoms with van der Waals surface area (Å²) in [5, 5.41) is 22.3. The van der Waals surface area contributed by atoms with Crippen molar-refractivity contribution in [1.82, 2.24) is 50.3 Å². The van der Waals surface area contributed by atoms with E-state index in [9.17, 15) is 24.3 Å². The van der Waals surface area contributed by atoms with Crippen molar-refractivity contribution in [2.24, 2.45) is 0 Å². The Hall–Kier alpha value is -5.84. The first kappa shape index (κ1) is 36.4. The van der Waals surface area contributed by atoms with E-state index < -0.39 is 6.10 Å². The third-order valence-corrected chi connectivity index (χ3v) is 8.59. The van der Waals surface area contributed by atoms with Gasteiger partial charge in [-0.2, -0.15) is 0 Å². The molecule has 0 bridgehead atoms. The molecule has 0 saturated carbocycles. The maximum Gasteiger partial charge on any atom is 0.255 e. The summed E-state index contributed by atoms with van der Waals surface area (Å²) in [4.78, 5) is 74.5. The molecular formula is C34H44N12O5. The van der Waals surface area contributed by atoms with Crippen molar-refractivity contribution in [3.05, 3.63) is 61.2 Å². The normalized spacial score (nSPS) is 18.7. The maximum atomic E-state index is 12.1. The summed E-state index contributed by atoms with van der Waals surface area (Å²) < 4.78 is 0. The molecule has 51 heavy (non-hydrogen) atoms. The zero-order valence-electron chi connectivity index (χ0n) is 28.7. The van der Waals surface area contributed by atoms with Crippen LogP contribution in [0.25, 0.3) is 22.3 Å². The average Bonchev–Trinajstić information content (AvgIpc) is 3.76. The Morgan fingerprint density at radius 3 is 1.86 bits per heavy atom. The zero-order valence-corrected chi connectivity index (χ0v) is 28.7. The summed E-state index contributed by atoms with van der Waals surface area (Å²) in [7, 11) is 0. The number of nitrogens with one attached hydrogen (secondary N) is 6. The number of rotatable bonds is 10. The third-order valence-electron chi connectivity index (χ3n) is 8.59. The SMILES string of the molecule is C=CC(=O)N1CCCC(Nc2cnc3[nH]cc(C(=O)NCC)c3n2)C1.C=CC(=O)N1CC[C@@H](Nc2cnc3[nH]cc(C(=O)NCC)c3n2)[C@H](O)C1. The van der Waals surface area contributed by atoms with Gasteiger partial charge in [0.25, 0.3) is 11.8 Å². The molecule has 0 spiro atoms. The van der Waals surface area contributed by atoms with E-state index >= 15 is 0 Å². The molecule has 2 aliphatic rings. The van der Waals surface area contributed by atoms with Crippen LogP contribution in [0.2, 0.25) is 0 Å². The molecule has 0 aliphatic carbocycles. The van der Waals surface area contributed by atoms with E-state index in [2.05, 4.69) is 64.3 Å². The molecule has 2 aliphatic heterocycles. The van der Waals surface area contributed by atoms with Crippen molar-refractivity contribution in [3.63, 3.8) is 0 Å². The van der Waals surface area contributed by atoms with Crippen molar-refractivity contribution in [2.75, 3.05) is 49.9 Å². The van der Waals surface area contributed by atoms with Gasteiger partial charge in [0, 0.05) is 57.7 Å². The van der Waals surface area contributed by atoms with Gasteiger partial charge < -0.3 is 46.1 Å². The molecule has 4 aromatic rings.